The number of benzene rings is 1. The van der Waals surface area contributed by atoms with Crippen LogP contribution in [-0.4, -0.2) is 98.2 Å². The fourth-order valence-electron chi connectivity index (χ4n) is 8.25. The minimum Gasteiger partial charge on any atom is -0.373 e. The quantitative estimate of drug-likeness (QED) is 0.0471. The zero-order chi connectivity index (χ0) is 46.8. The van der Waals surface area contributed by atoms with Crippen LogP contribution in [0.1, 0.15) is 112 Å². The van der Waals surface area contributed by atoms with Gasteiger partial charge in [0.2, 0.25) is 0 Å². The van der Waals surface area contributed by atoms with E-state index >= 15 is 0 Å². The molecule has 2 aliphatic carbocycles. The molecule has 0 spiro atoms. The van der Waals surface area contributed by atoms with Crippen LogP contribution < -0.4 is 5.32 Å². The number of ether oxygens (including phenoxy) is 4. The Morgan fingerprint density at radius 3 is 1.85 bits per heavy atom. The molecule has 0 saturated heterocycles. The van der Waals surface area contributed by atoms with Crippen molar-refractivity contribution in [2.75, 3.05) is 24.3 Å². The monoisotopic (exact) mass is 924 g/mol. The Balaban J connectivity index is 1.12. The van der Waals surface area contributed by atoms with Crippen molar-refractivity contribution >= 4 is 28.7 Å². The predicted molar refractivity (Wildman–Crippen MR) is 244 cm³/mol. The first-order chi connectivity index (χ1) is 31.7. The number of aryl methyl sites for hydroxylation is 9. The number of thioether (sulfide) groups is 1. The maximum absolute atomic E-state index is 14.2. The number of hydrogen-bond donors (Lipinski definition) is 1. The van der Waals surface area contributed by atoms with E-state index in [-0.39, 0.29) is 31.8 Å². The minimum absolute atomic E-state index is 0.0279. The van der Waals surface area contributed by atoms with E-state index < -0.39 is 36.0 Å². The summed E-state index contributed by atoms with van der Waals surface area (Å²) in [4.78, 5) is 38.4. The molecule has 1 aromatic carbocycles. The van der Waals surface area contributed by atoms with E-state index in [1.54, 1.807) is 10.7 Å². The van der Waals surface area contributed by atoms with Gasteiger partial charge in [0, 0.05) is 24.1 Å². The Morgan fingerprint density at radius 2 is 1.24 bits per heavy atom. The topological polar surface area (TPSA) is 183 Å². The van der Waals surface area contributed by atoms with Crippen LogP contribution in [0, 0.1) is 73.9 Å². The van der Waals surface area contributed by atoms with E-state index in [1.807, 2.05) is 62.3 Å². The molecule has 0 aliphatic heterocycles. The van der Waals surface area contributed by atoms with E-state index in [4.69, 9.17) is 59.0 Å². The van der Waals surface area contributed by atoms with Crippen LogP contribution in [0.4, 0.5) is 14.6 Å². The van der Waals surface area contributed by atoms with Gasteiger partial charge in [-0.25, -0.2) is 23.4 Å². The highest BCUT2D eigenvalue weighted by Crippen LogP contribution is 2.44. The van der Waals surface area contributed by atoms with Crippen molar-refractivity contribution in [2.45, 2.75) is 150 Å². The third-order valence-corrected chi connectivity index (χ3v) is 13.5. The predicted octanol–water partition coefficient (Wildman–Crippen LogP) is 7.83. The second-order valence-corrected chi connectivity index (χ2v) is 18.3. The van der Waals surface area contributed by atoms with Gasteiger partial charge in [-0.15, -0.1) is 5.10 Å². The summed E-state index contributed by atoms with van der Waals surface area (Å²) in [5, 5.41) is 13.5. The lowest BCUT2D eigenvalue weighted by Crippen LogP contribution is -2.38. The summed E-state index contributed by atoms with van der Waals surface area (Å²) >= 11 is 1.54. The third kappa shape index (κ3) is 10.5. The smallest absolute Gasteiger partial charge is 0.191 e. The van der Waals surface area contributed by atoms with Gasteiger partial charge in [-0.05, 0) is 92.9 Å². The van der Waals surface area contributed by atoms with Crippen molar-refractivity contribution in [3.63, 3.8) is 0 Å². The summed E-state index contributed by atoms with van der Waals surface area (Å²) in [5.74, 6) is -0.457. The highest BCUT2D eigenvalue weighted by Gasteiger charge is 2.49. The number of hydrogen-bond acceptors (Lipinski definition) is 16. The lowest BCUT2D eigenvalue weighted by molar-refractivity contribution is -0.128. The standard InChI is InChI=1S/C47H58F2N12O4S/c1-11-16-66-47-57-45(56-36-18-33(36)32-12-13-34(48)35(49)17-32)42-46(58-47)61(60-59-42)40-19-41(63-15-14-62-20-37-29(8)50-23(2)26(5)53-37)44(65-22-39-31(10)52-25(4)28(7)55-39)43(40)64-21-38-30(9)51-24(3)27(6)54-38/h12-13,17,33,36,40-41,43-44H,11,14-16,18-22H2,1-10H3,(H,56,57,58)/t33-,36+,40-,41-,43-,44+/m0/s1. The van der Waals surface area contributed by atoms with Crippen LogP contribution in [0.15, 0.2) is 23.4 Å². The maximum Gasteiger partial charge on any atom is 0.191 e. The highest BCUT2D eigenvalue weighted by atomic mass is 32.2. The van der Waals surface area contributed by atoms with Crippen LogP contribution in [-0.2, 0) is 38.8 Å². The SMILES string of the molecule is CCCSc1nc(N[C@@H]2C[C@H]2c2ccc(F)c(F)c2)c2nnn([C@H]3C[C@H](OCCOCc4nc(C)c(C)nc4C)[C@@H](OCc4nc(C)c(C)nc4C)[C@H]3OCc3nc(C)c(C)nc3C)c2n1. The molecule has 0 radical (unpaired) electrons. The van der Waals surface area contributed by atoms with Gasteiger partial charge in [0.15, 0.2) is 33.8 Å². The van der Waals surface area contributed by atoms with Gasteiger partial charge in [0.05, 0.1) is 114 Å². The van der Waals surface area contributed by atoms with Gasteiger partial charge in [-0.1, -0.05) is 30.0 Å². The fraction of sp³-hybridized carbons (Fsp3) is 0.532. The molecule has 0 amide bonds. The normalized spacial score (nSPS) is 20.4. The first-order valence-electron chi connectivity index (χ1n) is 22.5. The number of aromatic nitrogens is 11. The Labute approximate surface area is 387 Å². The summed E-state index contributed by atoms with van der Waals surface area (Å²) in [6.07, 6.45) is 0.296. The number of nitrogens with one attached hydrogen (secondary N) is 1. The zero-order valence-corrected chi connectivity index (χ0v) is 40.1. The Morgan fingerprint density at radius 1 is 0.652 bits per heavy atom. The number of anilines is 1. The number of rotatable bonds is 19. The van der Waals surface area contributed by atoms with E-state index in [0.29, 0.717) is 59.5 Å². The fourth-order valence-corrected chi connectivity index (χ4v) is 8.95. The Hall–Kier alpha value is -5.21. The van der Waals surface area contributed by atoms with Gasteiger partial charge in [0.25, 0.3) is 0 Å². The molecule has 6 aromatic rings. The molecule has 2 fully saturated rings. The van der Waals surface area contributed by atoms with Crippen LogP contribution in [0.3, 0.4) is 0 Å². The average molecular weight is 925 g/mol. The maximum atomic E-state index is 14.2. The first-order valence-corrected chi connectivity index (χ1v) is 23.5. The molecule has 8 rings (SSSR count). The minimum atomic E-state index is -0.872. The van der Waals surface area contributed by atoms with Crippen LogP contribution >= 0.6 is 11.8 Å². The van der Waals surface area contributed by atoms with E-state index in [0.717, 1.165) is 74.8 Å². The Kier molecular flexibility index (Phi) is 14.6. The van der Waals surface area contributed by atoms with Crippen molar-refractivity contribution in [1.82, 2.24) is 54.9 Å². The Bertz CT molecular complexity index is 2720. The molecular formula is C47H58F2N12O4S. The van der Waals surface area contributed by atoms with Crippen LogP contribution in [0.5, 0.6) is 0 Å². The molecule has 16 nitrogen and oxygen atoms in total. The molecule has 2 aliphatic rings. The number of fused-ring (bicyclic) bond motifs is 1. The van der Waals surface area contributed by atoms with Crippen molar-refractivity contribution in [2.24, 2.45) is 0 Å². The molecule has 350 valence electrons. The van der Waals surface area contributed by atoms with Gasteiger partial charge >= 0.3 is 0 Å². The van der Waals surface area contributed by atoms with Crippen molar-refractivity contribution in [3.8, 4) is 0 Å². The highest BCUT2D eigenvalue weighted by molar-refractivity contribution is 7.99. The van der Waals surface area contributed by atoms with Crippen LogP contribution in [0.2, 0.25) is 0 Å². The van der Waals surface area contributed by atoms with Gasteiger partial charge in [-0.2, -0.15) is 0 Å². The summed E-state index contributed by atoms with van der Waals surface area (Å²) in [6, 6.07) is 3.50. The van der Waals surface area contributed by atoms with Gasteiger partial charge in [-0.3, -0.25) is 29.9 Å². The van der Waals surface area contributed by atoms with E-state index in [9.17, 15) is 8.78 Å². The van der Waals surface area contributed by atoms with Crippen LogP contribution in [0.25, 0.3) is 11.2 Å². The summed E-state index contributed by atoms with van der Waals surface area (Å²) in [5.41, 5.74) is 11.4. The zero-order valence-electron chi connectivity index (χ0n) is 39.3. The molecule has 5 heterocycles. The van der Waals surface area contributed by atoms with Crippen molar-refractivity contribution in [3.05, 3.63) is 104 Å². The molecule has 6 atom stereocenters. The van der Waals surface area contributed by atoms with Gasteiger partial charge < -0.3 is 24.3 Å². The lowest BCUT2D eigenvalue weighted by atomic mass is 10.1. The average Bonchev–Trinajstić information content (AvgIpc) is 3.78. The van der Waals surface area contributed by atoms with Gasteiger partial charge in [0.1, 0.15) is 12.2 Å². The number of halogens is 2. The lowest BCUT2D eigenvalue weighted by Gasteiger charge is -2.27. The van der Waals surface area contributed by atoms with E-state index in [2.05, 4.69) is 22.3 Å². The molecule has 5 aromatic heterocycles. The molecule has 2 saturated carbocycles. The summed E-state index contributed by atoms with van der Waals surface area (Å²) in [7, 11) is 0. The molecule has 1 N–H and O–H groups in total. The van der Waals surface area contributed by atoms with Crippen molar-refractivity contribution < 1.29 is 27.7 Å². The molecule has 0 bridgehead atoms. The summed E-state index contributed by atoms with van der Waals surface area (Å²) in [6.45, 7) is 20.7. The third-order valence-electron chi connectivity index (χ3n) is 12.4. The summed E-state index contributed by atoms with van der Waals surface area (Å²) < 4.78 is 56.5. The molecule has 19 heteroatoms. The second-order valence-electron chi connectivity index (χ2n) is 17.3. The largest absolute Gasteiger partial charge is 0.373 e. The molecular weight excluding hydrogens is 867 g/mol. The molecule has 0 unspecified atom stereocenters. The second kappa shape index (κ2) is 20.3. The van der Waals surface area contributed by atoms with E-state index in [1.165, 1.54) is 23.9 Å². The first kappa shape index (κ1) is 47.3. The van der Waals surface area contributed by atoms with Crippen molar-refractivity contribution in [1.29, 1.82) is 0 Å². The molecule has 66 heavy (non-hydrogen) atoms. The number of nitrogens with zero attached hydrogens (tertiary/aromatic N) is 11.